The van der Waals surface area contributed by atoms with Gasteiger partial charge < -0.3 is 19.8 Å². The molecule has 0 aromatic carbocycles. The monoisotopic (exact) mass is 273 g/mol. The summed E-state index contributed by atoms with van der Waals surface area (Å²) in [6.07, 6.45) is 1.79. The van der Waals surface area contributed by atoms with Gasteiger partial charge in [-0.2, -0.15) is 0 Å². The molecule has 0 aromatic rings. The lowest BCUT2D eigenvalue weighted by Crippen LogP contribution is -2.44. The molecule has 1 fully saturated rings. The molecule has 19 heavy (non-hydrogen) atoms. The summed E-state index contributed by atoms with van der Waals surface area (Å²) in [5, 5.41) is 19.7. The van der Waals surface area contributed by atoms with Crippen molar-refractivity contribution in [1.82, 2.24) is 4.90 Å². The van der Waals surface area contributed by atoms with E-state index in [9.17, 15) is 10.2 Å². The Balaban J connectivity index is 2.71. The maximum atomic E-state index is 10.5. The van der Waals surface area contributed by atoms with Gasteiger partial charge in [-0.15, -0.1) is 0 Å². The molecule has 0 bridgehead atoms. The maximum Gasteiger partial charge on any atom is 0.0896 e. The molecule has 4 heteroatoms. The van der Waals surface area contributed by atoms with Crippen LogP contribution in [0.15, 0.2) is 0 Å². The van der Waals surface area contributed by atoms with Crippen molar-refractivity contribution in [2.45, 2.75) is 64.8 Å². The Hall–Kier alpha value is -0.160. The van der Waals surface area contributed by atoms with Crippen molar-refractivity contribution in [2.24, 2.45) is 5.92 Å². The summed E-state index contributed by atoms with van der Waals surface area (Å²) in [5.74, 6) is 0.0749. The zero-order valence-corrected chi connectivity index (χ0v) is 13.1. The fourth-order valence-electron chi connectivity index (χ4n) is 3.09. The predicted molar refractivity (Wildman–Crippen MR) is 77.2 cm³/mol. The van der Waals surface area contributed by atoms with Crippen LogP contribution in [0.25, 0.3) is 0 Å². The summed E-state index contributed by atoms with van der Waals surface area (Å²) < 4.78 is 6.01. The number of unbranched alkanes of at least 4 members (excludes halogenated alkanes) is 1. The topological polar surface area (TPSA) is 52.9 Å². The fourth-order valence-corrected chi connectivity index (χ4v) is 3.09. The van der Waals surface area contributed by atoms with Crippen molar-refractivity contribution >= 4 is 0 Å². The first-order chi connectivity index (χ1) is 8.74. The van der Waals surface area contributed by atoms with Crippen LogP contribution >= 0.6 is 0 Å². The summed E-state index contributed by atoms with van der Waals surface area (Å²) >= 11 is 0. The SMILES string of the molecule is CCCCN(CCO)CC1C(O)C(C)(C)OC1(C)C. The molecule has 2 unspecified atom stereocenters. The van der Waals surface area contributed by atoms with E-state index in [1.54, 1.807) is 0 Å². The highest BCUT2D eigenvalue weighted by molar-refractivity contribution is 5.02. The van der Waals surface area contributed by atoms with Gasteiger partial charge in [0.1, 0.15) is 0 Å². The van der Waals surface area contributed by atoms with E-state index in [1.807, 2.05) is 27.7 Å². The third kappa shape index (κ3) is 4.15. The molecule has 0 spiro atoms. The van der Waals surface area contributed by atoms with Crippen molar-refractivity contribution in [3.8, 4) is 0 Å². The molecule has 0 amide bonds. The van der Waals surface area contributed by atoms with Crippen LogP contribution in [0.3, 0.4) is 0 Å². The minimum atomic E-state index is -0.496. The first-order valence-electron chi connectivity index (χ1n) is 7.46. The van der Waals surface area contributed by atoms with Crippen molar-refractivity contribution in [3.63, 3.8) is 0 Å². The zero-order valence-electron chi connectivity index (χ0n) is 13.1. The van der Waals surface area contributed by atoms with E-state index >= 15 is 0 Å². The van der Waals surface area contributed by atoms with E-state index in [4.69, 9.17) is 4.74 Å². The van der Waals surface area contributed by atoms with Crippen molar-refractivity contribution in [1.29, 1.82) is 0 Å². The van der Waals surface area contributed by atoms with Gasteiger partial charge in [-0.05, 0) is 40.7 Å². The van der Waals surface area contributed by atoms with Crippen LogP contribution in [0.5, 0.6) is 0 Å². The van der Waals surface area contributed by atoms with Crippen LogP contribution in [0.4, 0.5) is 0 Å². The first kappa shape index (κ1) is 16.9. The van der Waals surface area contributed by atoms with Crippen LogP contribution in [0.1, 0.15) is 47.5 Å². The second kappa shape index (κ2) is 6.53. The first-order valence-corrected chi connectivity index (χ1v) is 7.46. The summed E-state index contributed by atoms with van der Waals surface area (Å²) in [6, 6.07) is 0. The minimum Gasteiger partial charge on any atom is -0.395 e. The number of aliphatic hydroxyl groups excluding tert-OH is 2. The molecule has 2 atom stereocenters. The van der Waals surface area contributed by atoms with E-state index in [-0.39, 0.29) is 18.1 Å². The lowest BCUT2D eigenvalue weighted by molar-refractivity contribution is -0.0914. The van der Waals surface area contributed by atoms with Gasteiger partial charge >= 0.3 is 0 Å². The normalized spacial score (nSPS) is 29.1. The summed E-state index contributed by atoms with van der Waals surface area (Å²) in [7, 11) is 0. The van der Waals surface area contributed by atoms with Gasteiger partial charge in [0, 0.05) is 19.0 Å². The number of ether oxygens (including phenoxy) is 1. The molecule has 1 rings (SSSR count). The molecule has 1 aliphatic rings. The van der Waals surface area contributed by atoms with E-state index < -0.39 is 11.7 Å². The van der Waals surface area contributed by atoms with Crippen molar-refractivity contribution < 1.29 is 14.9 Å². The molecule has 1 heterocycles. The van der Waals surface area contributed by atoms with Gasteiger partial charge in [-0.1, -0.05) is 13.3 Å². The molecule has 2 N–H and O–H groups in total. The van der Waals surface area contributed by atoms with E-state index in [2.05, 4.69) is 11.8 Å². The molecule has 1 saturated heterocycles. The number of hydrogen-bond donors (Lipinski definition) is 2. The van der Waals surface area contributed by atoms with E-state index in [0.717, 1.165) is 25.9 Å². The average Bonchev–Trinajstić information content (AvgIpc) is 2.44. The Kier molecular flexibility index (Phi) is 5.80. The van der Waals surface area contributed by atoms with Gasteiger partial charge in [-0.3, -0.25) is 0 Å². The highest BCUT2D eigenvalue weighted by atomic mass is 16.5. The molecule has 114 valence electrons. The van der Waals surface area contributed by atoms with Crippen LogP contribution in [0.2, 0.25) is 0 Å². The lowest BCUT2D eigenvalue weighted by Gasteiger charge is -2.32. The minimum absolute atomic E-state index is 0.0749. The number of aliphatic hydroxyl groups is 2. The fraction of sp³-hybridized carbons (Fsp3) is 1.00. The Morgan fingerprint density at radius 3 is 2.16 bits per heavy atom. The molecular formula is C15H31NO3. The lowest BCUT2D eigenvalue weighted by atomic mass is 9.84. The average molecular weight is 273 g/mol. The van der Waals surface area contributed by atoms with Gasteiger partial charge in [0.2, 0.25) is 0 Å². The molecule has 0 aliphatic carbocycles. The Morgan fingerprint density at radius 2 is 1.74 bits per heavy atom. The second-order valence-electron chi connectivity index (χ2n) is 6.74. The second-order valence-corrected chi connectivity index (χ2v) is 6.74. The number of hydrogen-bond acceptors (Lipinski definition) is 4. The Bertz CT molecular complexity index is 279. The maximum absolute atomic E-state index is 10.5. The van der Waals surface area contributed by atoms with Crippen LogP contribution in [0, 0.1) is 5.92 Å². The highest BCUT2D eigenvalue weighted by Gasteiger charge is 2.53. The van der Waals surface area contributed by atoms with Gasteiger partial charge in [0.15, 0.2) is 0 Å². The quantitative estimate of drug-likeness (QED) is 0.740. The van der Waals surface area contributed by atoms with E-state index in [1.165, 1.54) is 0 Å². The van der Waals surface area contributed by atoms with Crippen molar-refractivity contribution in [2.75, 3.05) is 26.2 Å². The molecular weight excluding hydrogens is 242 g/mol. The Morgan fingerprint density at radius 1 is 1.11 bits per heavy atom. The van der Waals surface area contributed by atoms with Crippen LogP contribution in [-0.4, -0.2) is 58.7 Å². The third-order valence-corrected chi connectivity index (χ3v) is 4.21. The van der Waals surface area contributed by atoms with Crippen LogP contribution < -0.4 is 0 Å². The predicted octanol–water partition coefficient (Wildman–Crippen LogP) is 1.65. The standard InChI is InChI=1S/C15H31NO3/c1-6-7-8-16(9-10-17)11-12-13(18)15(4,5)19-14(12,2)3/h12-13,17-18H,6-11H2,1-5H3. The molecule has 0 saturated carbocycles. The number of nitrogens with zero attached hydrogens (tertiary/aromatic N) is 1. The smallest absolute Gasteiger partial charge is 0.0896 e. The third-order valence-electron chi connectivity index (χ3n) is 4.21. The summed E-state index contributed by atoms with van der Waals surface area (Å²) in [5.41, 5.74) is -0.827. The van der Waals surface area contributed by atoms with E-state index in [0.29, 0.717) is 6.54 Å². The van der Waals surface area contributed by atoms with Crippen LogP contribution in [-0.2, 0) is 4.74 Å². The van der Waals surface area contributed by atoms with Gasteiger partial charge in [-0.25, -0.2) is 0 Å². The summed E-state index contributed by atoms with van der Waals surface area (Å²) in [6.45, 7) is 12.7. The largest absolute Gasteiger partial charge is 0.395 e. The Labute approximate surface area is 117 Å². The van der Waals surface area contributed by atoms with Crippen molar-refractivity contribution in [3.05, 3.63) is 0 Å². The highest BCUT2D eigenvalue weighted by Crippen LogP contribution is 2.42. The number of rotatable bonds is 7. The van der Waals surface area contributed by atoms with Gasteiger partial charge in [0.05, 0.1) is 23.9 Å². The zero-order chi connectivity index (χ0) is 14.7. The van der Waals surface area contributed by atoms with Gasteiger partial charge in [0.25, 0.3) is 0 Å². The molecule has 0 radical (unpaired) electrons. The molecule has 4 nitrogen and oxygen atoms in total. The summed E-state index contributed by atoms with van der Waals surface area (Å²) in [4.78, 5) is 2.24. The molecule has 1 aliphatic heterocycles. The molecule has 0 aromatic heterocycles.